The third kappa shape index (κ3) is 3.63. The molecule has 1 aromatic rings. The van der Waals surface area contributed by atoms with Crippen molar-refractivity contribution in [3.63, 3.8) is 0 Å². The van der Waals surface area contributed by atoms with E-state index < -0.39 is 10.0 Å². The average molecular weight is 314 g/mol. The molecule has 1 saturated carbocycles. The standard InChI is InChI=1S/C13H22N4O3S/c14-13(10-1-2-10)8-16-21(18,19)12-7-15-17(9-12)11-3-5-20-6-4-11/h7,9-11,13,16H,1-6,8,14H2. The molecule has 0 bridgehead atoms. The van der Waals surface area contributed by atoms with E-state index in [0.717, 1.165) is 25.7 Å². The normalized spacial score (nSPS) is 22.3. The topological polar surface area (TPSA) is 99.2 Å². The van der Waals surface area contributed by atoms with Gasteiger partial charge in [0.1, 0.15) is 4.90 Å². The molecule has 8 heteroatoms. The second-order valence-electron chi connectivity index (χ2n) is 5.85. The van der Waals surface area contributed by atoms with E-state index in [-0.39, 0.29) is 23.5 Å². The predicted octanol–water partition coefficient (Wildman–Crippen LogP) is 0.250. The summed E-state index contributed by atoms with van der Waals surface area (Å²) >= 11 is 0. The van der Waals surface area contributed by atoms with E-state index in [1.807, 2.05) is 0 Å². The Kier molecular flexibility index (Phi) is 4.30. The van der Waals surface area contributed by atoms with Gasteiger partial charge in [0.15, 0.2) is 0 Å². The minimum absolute atomic E-state index is 0.0923. The molecule has 118 valence electrons. The Bertz CT molecular complexity index is 576. The van der Waals surface area contributed by atoms with Crippen LogP contribution in [0.3, 0.4) is 0 Å². The fraction of sp³-hybridized carbons (Fsp3) is 0.769. The third-order valence-electron chi connectivity index (χ3n) is 4.19. The zero-order valence-corrected chi connectivity index (χ0v) is 12.8. The van der Waals surface area contributed by atoms with Crippen molar-refractivity contribution >= 4 is 10.0 Å². The molecule has 1 saturated heterocycles. The molecule has 3 N–H and O–H groups in total. The van der Waals surface area contributed by atoms with Crippen molar-refractivity contribution in [3.05, 3.63) is 12.4 Å². The van der Waals surface area contributed by atoms with Crippen LogP contribution in [0.1, 0.15) is 31.7 Å². The lowest BCUT2D eigenvalue weighted by Gasteiger charge is -2.22. The highest BCUT2D eigenvalue weighted by Gasteiger charge is 2.29. The molecule has 2 aliphatic rings. The second-order valence-corrected chi connectivity index (χ2v) is 7.62. The van der Waals surface area contributed by atoms with E-state index in [1.54, 1.807) is 10.9 Å². The summed E-state index contributed by atoms with van der Waals surface area (Å²) in [6.07, 6.45) is 6.93. The van der Waals surface area contributed by atoms with Gasteiger partial charge in [0.25, 0.3) is 0 Å². The SMILES string of the molecule is NC(CNS(=O)(=O)c1cnn(C2CCOCC2)c1)C1CC1. The number of hydrogen-bond donors (Lipinski definition) is 2. The quantitative estimate of drug-likeness (QED) is 0.784. The molecular weight excluding hydrogens is 292 g/mol. The van der Waals surface area contributed by atoms with Crippen LogP contribution in [-0.4, -0.2) is 44.0 Å². The van der Waals surface area contributed by atoms with Gasteiger partial charge in [-0.3, -0.25) is 4.68 Å². The molecule has 0 radical (unpaired) electrons. The number of sulfonamides is 1. The Balaban J connectivity index is 1.63. The summed E-state index contributed by atoms with van der Waals surface area (Å²) in [7, 11) is -3.52. The molecule has 3 rings (SSSR count). The number of nitrogens with one attached hydrogen (secondary N) is 1. The number of nitrogens with two attached hydrogens (primary N) is 1. The highest BCUT2D eigenvalue weighted by molar-refractivity contribution is 7.89. The monoisotopic (exact) mass is 314 g/mol. The van der Waals surface area contributed by atoms with Crippen molar-refractivity contribution in [3.8, 4) is 0 Å². The predicted molar refractivity (Wildman–Crippen MR) is 77.2 cm³/mol. The maximum Gasteiger partial charge on any atom is 0.243 e. The molecule has 1 aliphatic carbocycles. The number of ether oxygens (including phenoxy) is 1. The Morgan fingerprint density at radius 1 is 1.38 bits per heavy atom. The molecule has 1 aromatic heterocycles. The van der Waals surface area contributed by atoms with Crippen LogP contribution in [0.2, 0.25) is 0 Å². The molecule has 21 heavy (non-hydrogen) atoms. The minimum atomic E-state index is -3.52. The van der Waals surface area contributed by atoms with Crippen LogP contribution in [0.25, 0.3) is 0 Å². The number of rotatable bonds is 6. The minimum Gasteiger partial charge on any atom is -0.381 e. The van der Waals surface area contributed by atoms with Gasteiger partial charge < -0.3 is 10.5 Å². The summed E-state index contributed by atoms with van der Waals surface area (Å²) in [4.78, 5) is 0.206. The molecule has 2 heterocycles. The van der Waals surface area contributed by atoms with Crippen molar-refractivity contribution in [1.29, 1.82) is 0 Å². The van der Waals surface area contributed by atoms with Crippen molar-refractivity contribution in [2.45, 2.75) is 42.7 Å². The Labute approximate surface area is 124 Å². The summed E-state index contributed by atoms with van der Waals surface area (Å²) in [5, 5.41) is 4.19. The maximum atomic E-state index is 12.2. The van der Waals surface area contributed by atoms with Gasteiger partial charge in [-0.25, -0.2) is 13.1 Å². The van der Waals surface area contributed by atoms with Crippen LogP contribution in [-0.2, 0) is 14.8 Å². The number of aromatic nitrogens is 2. The number of nitrogens with zero attached hydrogens (tertiary/aromatic N) is 2. The largest absolute Gasteiger partial charge is 0.381 e. The first-order chi connectivity index (χ1) is 10.1. The first-order valence-corrected chi connectivity index (χ1v) is 8.92. The van der Waals surface area contributed by atoms with Gasteiger partial charge in [0, 0.05) is 32.0 Å². The fourth-order valence-corrected chi connectivity index (χ4v) is 3.60. The lowest BCUT2D eigenvalue weighted by Crippen LogP contribution is -2.38. The molecule has 1 atom stereocenters. The Hall–Kier alpha value is -0.960. The van der Waals surface area contributed by atoms with Crippen molar-refractivity contribution < 1.29 is 13.2 Å². The van der Waals surface area contributed by atoms with Gasteiger partial charge in [-0.1, -0.05) is 0 Å². The molecule has 2 fully saturated rings. The highest BCUT2D eigenvalue weighted by atomic mass is 32.2. The van der Waals surface area contributed by atoms with Gasteiger partial charge >= 0.3 is 0 Å². The van der Waals surface area contributed by atoms with Crippen molar-refractivity contribution in [2.75, 3.05) is 19.8 Å². The van der Waals surface area contributed by atoms with E-state index >= 15 is 0 Å². The maximum absolute atomic E-state index is 12.2. The zero-order chi connectivity index (χ0) is 14.9. The lowest BCUT2D eigenvalue weighted by atomic mass is 10.1. The molecule has 0 amide bonds. The smallest absolute Gasteiger partial charge is 0.243 e. The summed E-state index contributed by atoms with van der Waals surface area (Å²) in [6, 6.07) is 0.127. The van der Waals surface area contributed by atoms with Gasteiger partial charge in [-0.2, -0.15) is 5.10 Å². The summed E-state index contributed by atoms with van der Waals surface area (Å²) in [5.41, 5.74) is 5.92. The summed E-state index contributed by atoms with van der Waals surface area (Å²) < 4.78 is 34.1. The van der Waals surface area contributed by atoms with Gasteiger partial charge in [0.2, 0.25) is 10.0 Å². The van der Waals surface area contributed by atoms with E-state index in [1.165, 1.54) is 6.20 Å². The molecule has 0 aromatic carbocycles. The molecule has 7 nitrogen and oxygen atoms in total. The molecular formula is C13H22N4O3S. The second kappa shape index (κ2) is 6.04. The van der Waals surface area contributed by atoms with Crippen LogP contribution in [0, 0.1) is 5.92 Å². The first kappa shape index (κ1) is 15.0. The first-order valence-electron chi connectivity index (χ1n) is 7.43. The van der Waals surface area contributed by atoms with Gasteiger partial charge in [0.05, 0.1) is 12.2 Å². The van der Waals surface area contributed by atoms with Gasteiger partial charge in [-0.15, -0.1) is 0 Å². The third-order valence-corrected chi connectivity index (χ3v) is 5.57. The van der Waals surface area contributed by atoms with Crippen molar-refractivity contribution in [1.82, 2.24) is 14.5 Å². The Morgan fingerprint density at radius 3 is 2.76 bits per heavy atom. The molecule has 1 aliphatic heterocycles. The summed E-state index contributed by atoms with van der Waals surface area (Å²) in [5.74, 6) is 0.470. The van der Waals surface area contributed by atoms with E-state index in [9.17, 15) is 8.42 Å². The van der Waals surface area contributed by atoms with E-state index in [0.29, 0.717) is 19.1 Å². The van der Waals surface area contributed by atoms with Crippen LogP contribution in [0.15, 0.2) is 17.3 Å². The van der Waals surface area contributed by atoms with Crippen molar-refractivity contribution in [2.24, 2.45) is 11.7 Å². The van der Waals surface area contributed by atoms with Crippen LogP contribution < -0.4 is 10.5 Å². The van der Waals surface area contributed by atoms with Crippen LogP contribution >= 0.6 is 0 Å². The molecule has 0 spiro atoms. The highest BCUT2D eigenvalue weighted by Crippen LogP contribution is 2.31. The zero-order valence-electron chi connectivity index (χ0n) is 11.9. The summed E-state index contributed by atoms with van der Waals surface area (Å²) in [6.45, 7) is 1.68. The van der Waals surface area contributed by atoms with Gasteiger partial charge in [-0.05, 0) is 31.6 Å². The van der Waals surface area contributed by atoms with E-state index in [4.69, 9.17) is 10.5 Å². The van der Waals surface area contributed by atoms with Crippen LogP contribution in [0.5, 0.6) is 0 Å². The Morgan fingerprint density at radius 2 is 2.10 bits per heavy atom. The molecule has 1 unspecified atom stereocenters. The lowest BCUT2D eigenvalue weighted by molar-refractivity contribution is 0.0662. The average Bonchev–Trinajstić information content (AvgIpc) is 3.22. The fourth-order valence-electron chi connectivity index (χ4n) is 2.59. The van der Waals surface area contributed by atoms with E-state index in [2.05, 4.69) is 9.82 Å². The number of hydrogen-bond acceptors (Lipinski definition) is 5. The van der Waals surface area contributed by atoms with Crippen LogP contribution in [0.4, 0.5) is 0 Å².